The maximum absolute atomic E-state index is 13.7. The van der Waals surface area contributed by atoms with Gasteiger partial charge in [0.25, 0.3) is 5.91 Å². The van der Waals surface area contributed by atoms with Gasteiger partial charge in [0.2, 0.25) is 5.91 Å². The van der Waals surface area contributed by atoms with Gasteiger partial charge in [-0.3, -0.25) is 9.59 Å². The Hall–Kier alpha value is -4.15. The summed E-state index contributed by atoms with van der Waals surface area (Å²) in [5.74, 6) is -1.98. The number of alkyl halides is 3. The van der Waals surface area contributed by atoms with E-state index < -0.39 is 29.3 Å². The molecule has 0 atom stereocenters. The number of ether oxygens (including phenoxy) is 1. The number of benzene rings is 2. The molecule has 11 heteroatoms. The van der Waals surface area contributed by atoms with Crippen LogP contribution in [0, 0.1) is 6.92 Å². The van der Waals surface area contributed by atoms with Crippen LogP contribution >= 0.6 is 0 Å². The summed E-state index contributed by atoms with van der Waals surface area (Å²) in [6.45, 7) is 4.54. The van der Waals surface area contributed by atoms with Crippen molar-refractivity contribution >= 4 is 29.2 Å². The van der Waals surface area contributed by atoms with Crippen LogP contribution in [-0.2, 0) is 15.7 Å². The third-order valence-corrected chi connectivity index (χ3v) is 4.64. The van der Waals surface area contributed by atoms with Crippen molar-refractivity contribution in [3.8, 4) is 5.69 Å². The Morgan fingerprint density at radius 3 is 2.29 bits per heavy atom. The Bertz CT molecular complexity index is 1230. The van der Waals surface area contributed by atoms with E-state index in [-0.39, 0.29) is 23.8 Å². The number of nitrogens with one attached hydrogen (secondary N) is 2. The minimum absolute atomic E-state index is 0.00563. The molecule has 178 valence electrons. The average molecular weight is 474 g/mol. The number of nitrogens with zero attached hydrogens (tertiary/aromatic N) is 2. The van der Waals surface area contributed by atoms with Crippen LogP contribution in [0.5, 0.6) is 0 Å². The maximum atomic E-state index is 13.7. The summed E-state index contributed by atoms with van der Waals surface area (Å²) < 4.78 is 46.3. The van der Waals surface area contributed by atoms with Crippen LogP contribution in [0.25, 0.3) is 5.69 Å². The third-order valence-electron chi connectivity index (χ3n) is 4.64. The highest BCUT2D eigenvalue weighted by molar-refractivity contribution is 6.07. The molecule has 0 radical (unpaired) electrons. The molecule has 3 rings (SSSR count). The van der Waals surface area contributed by atoms with E-state index in [0.717, 1.165) is 11.8 Å². The lowest BCUT2D eigenvalue weighted by Gasteiger charge is -2.14. The van der Waals surface area contributed by atoms with Crippen molar-refractivity contribution < 1.29 is 32.3 Å². The highest BCUT2D eigenvalue weighted by atomic mass is 19.4. The minimum Gasteiger partial charge on any atom is -0.462 e. The molecule has 0 unspecified atom stereocenters. The lowest BCUT2D eigenvalue weighted by Crippen LogP contribution is -2.19. The van der Waals surface area contributed by atoms with Crippen molar-refractivity contribution in [1.29, 1.82) is 0 Å². The van der Waals surface area contributed by atoms with E-state index in [4.69, 9.17) is 4.74 Å². The van der Waals surface area contributed by atoms with Crippen LogP contribution in [0.4, 0.5) is 24.5 Å². The van der Waals surface area contributed by atoms with Gasteiger partial charge in [0.05, 0.1) is 29.9 Å². The number of hydrogen-bond donors (Lipinski definition) is 2. The van der Waals surface area contributed by atoms with Crippen LogP contribution in [0.1, 0.15) is 45.8 Å². The Balaban J connectivity index is 1.89. The number of amides is 2. The molecule has 0 fully saturated rings. The van der Waals surface area contributed by atoms with Gasteiger partial charge in [0, 0.05) is 12.5 Å². The molecule has 0 aliphatic heterocycles. The van der Waals surface area contributed by atoms with E-state index in [9.17, 15) is 27.6 Å². The second-order valence-electron chi connectivity index (χ2n) is 7.27. The molecular formula is C23H21F3N4O4. The number of anilines is 2. The van der Waals surface area contributed by atoms with Crippen molar-refractivity contribution in [2.24, 2.45) is 0 Å². The molecule has 0 saturated heterocycles. The molecule has 3 aromatic rings. The third kappa shape index (κ3) is 5.42. The van der Waals surface area contributed by atoms with E-state index in [2.05, 4.69) is 15.7 Å². The summed E-state index contributed by atoms with van der Waals surface area (Å²) in [5, 5.41) is 9.01. The summed E-state index contributed by atoms with van der Waals surface area (Å²) in [4.78, 5) is 36.1. The second kappa shape index (κ2) is 9.77. The standard InChI is InChI=1S/C23H21F3N4O4/c1-4-34-22(33)17-12-27-30(20(17)23(24,25)26)16-8-6-15(7-9-16)21(32)29-19-11-13(2)5-10-18(19)28-14(3)31/h5-12H,4H2,1-3H3,(H,28,31)(H,29,32). The van der Waals surface area contributed by atoms with Crippen LogP contribution in [-0.4, -0.2) is 34.2 Å². The van der Waals surface area contributed by atoms with E-state index in [1.54, 1.807) is 18.2 Å². The molecule has 1 heterocycles. The van der Waals surface area contributed by atoms with Gasteiger partial charge in [-0.15, -0.1) is 0 Å². The molecule has 0 saturated carbocycles. The molecule has 2 aromatic carbocycles. The van der Waals surface area contributed by atoms with Crippen LogP contribution < -0.4 is 10.6 Å². The van der Waals surface area contributed by atoms with E-state index >= 15 is 0 Å². The number of hydrogen-bond acceptors (Lipinski definition) is 5. The summed E-state index contributed by atoms with van der Waals surface area (Å²) in [5.41, 5.74) is -0.213. The first-order chi connectivity index (χ1) is 16.0. The summed E-state index contributed by atoms with van der Waals surface area (Å²) in [7, 11) is 0. The normalized spacial score (nSPS) is 11.1. The second-order valence-corrected chi connectivity index (χ2v) is 7.27. The van der Waals surface area contributed by atoms with Crippen molar-refractivity contribution in [3.63, 3.8) is 0 Å². The van der Waals surface area contributed by atoms with Gasteiger partial charge in [0.15, 0.2) is 5.69 Å². The molecule has 8 nitrogen and oxygen atoms in total. The Morgan fingerprint density at radius 2 is 1.71 bits per heavy atom. The number of halogens is 3. The van der Waals surface area contributed by atoms with Gasteiger partial charge < -0.3 is 15.4 Å². The van der Waals surface area contributed by atoms with Gasteiger partial charge in [-0.05, 0) is 55.8 Å². The first-order valence-corrected chi connectivity index (χ1v) is 10.1. The summed E-state index contributed by atoms with van der Waals surface area (Å²) in [6, 6.07) is 10.3. The van der Waals surface area contributed by atoms with Crippen LogP contribution in [0.2, 0.25) is 0 Å². The number of carbonyl (C=O) groups excluding carboxylic acids is 3. The quantitative estimate of drug-likeness (QED) is 0.509. The predicted molar refractivity (Wildman–Crippen MR) is 118 cm³/mol. The summed E-state index contributed by atoms with van der Waals surface area (Å²) in [6.07, 6.45) is -4.08. The first-order valence-electron chi connectivity index (χ1n) is 10.1. The fourth-order valence-electron chi connectivity index (χ4n) is 3.18. The molecule has 2 amide bonds. The van der Waals surface area contributed by atoms with E-state index in [1.807, 2.05) is 6.92 Å². The van der Waals surface area contributed by atoms with E-state index in [1.165, 1.54) is 38.1 Å². The average Bonchev–Trinajstić information content (AvgIpc) is 3.22. The molecule has 1 aromatic heterocycles. The number of aryl methyl sites for hydroxylation is 1. The number of esters is 1. The number of aromatic nitrogens is 2. The maximum Gasteiger partial charge on any atom is 0.434 e. The molecule has 0 aliphatic rings. The molecule has 0 aliphatic carbocycles. The molecule has 2 N–H and O–H groups in total. The predicted octanol–water partition coefficient (Wildman–Crippen LogP) is 4.59. The minimum atomic E-state index is -4.88. The highest BCUT2D eigenvalue weighted by Gasteiger charge is 2.41. The fourth-order valence-corrected chi connectivity index (χ4v) is 3.18. The van der Waals surface area contributed by atoms with Crippen molar-refractivity contribution in [2.75, 3.05) is 17.2 Å². The monoisotopic (exact) mass is 474 g/mol. The first kappa shape index (κ1) is 24.5. The van der Waals surface area contributed by atoms with Gasteiger partial charge in [-0.25, -0.2) is 9.48 Å². The van der Waals surface area contributed by atoms with Crippen molar-refractivity contribution in [1.82, 2.24) is 9.78 Å². The van der Waals surface area contributed by atoms with Gasteiger partial charge in [0.1, 0.15) is 5.56 Å². The summed E-state index contributed by atoms with van der Waals surface area (Å²) >= 11 is 0. The lowest BCUT2D eigenvalue weighted by atomic mass is 10.1. The smallest absolute Gasteiger partial charge is 0.434 e. The fraction of sp³-hybridized carbons (Fsp3) is 0.217. The van der Waals surface area contributed by atoms with Crippen LogP contribution in [0.15, 0.2) is 48.7 Å². The van der Waals surface area contributed by atoms with Gasteiger partial charge in [-0.1, -0.05) is 6.07 Å². The van der Waals surface area contributed by atoms with Crippen molar-refractivity contribution in [2.45, 2.75) is 26.9 Å². The Labute approximate surface area is 192 Å². The SMILES string of the molecule is CCOC(=O)c1cnn(-c2ccc(C(=O)Nc3cc(C)ccc3NC(C)=O)cc2)c1C(F)(F)F. The zero-order valence-corrected chi connectivity index (χ0v) is 18.5. The molecule has 0 spiro atoms. The lowest BCUT2D eigenvalue weighted by molar-refractivity contribution is -0.143. The zero-order valence-electron chi connectivity index (χ0n) is 18.5. The van der Waals surface area contributed by atoms with Gasteiger partial charge in [-0.2, -0.15) is 18.3 Å². The Morgan fingerprint density at radius 1 is 1.03 bits per heavy atom. The highest BCUT2D eigenvalue weighted by Crippen LogP contribution is 2.34. The molecule has 0 bridgehead atoms. The Kier molecular flexibility index (Phi) is 7.04. The topological polar surface area (TPSA) is 102 Å². The number of rotatable bonds is 6. The zero-order chi connectivity index (χ0) is 25.0. The van der Waals surface area contributed by atoms with Crippen LogP contribution in [0.3, 0.4) is 0 Å². The van der Waals surface area contributed by atoms with E-state index in [0.29, 0.717) is 16.1 Å². The molecular weight excluding hydrogens is 453 g/mol. The van der Waals surface area contributed by atoms with Crippen molar-refractivity contribution in [3.05, 3.63) is 71.0 Å². The molecule has 34 heavy (non-hydrogen) atoms. The largest absolute Gasteiger partial charge is 0.462 e. The van der Waals surface area contributed by atoms with Gasteiger partial charge >= 0.3 is 12.1 Å². The number of carbonyl (C=O) groups is 3.